The van der Waals surface area contributed by atoms with Gasteiger partial charge in [0.05, 0.1) is 10.9 Å². The van der Waals surface area contributed by atoms with Gasteiger partial charge in [-0.2, -0.15) is 0 Å². The van der Waals surface area contributed by atoms with Crippen LogP contribution in [0.1, 0.15) is 46.0 Å². The highest BCUT2D eigenvalue weighted by Gasteiger charge is 2.09. The fourth-order valence-electron chi connectivity index (χ4n) is 2.14. The van der Waals surface area contributed by atoms with E-state index in [1.165, 1.54) is 5.56 Å². The minimum atomic E-state index is -0.397. The van der Waals surface area contributed by atoms with Crippen LogP contribution >= 0.6 is 15.9 Å². The first kappa shape index (κ1) is 17.4. The molecular formula is C19H19BrO3. The van der Waals surface area contributed by atoms with Crippen LogP contribution in [-0.4, -0.2) is 17.1 Å². The number of carbonyl (C=O) groups excluding carboxylic acids is 2. The normalized spacial score (nSPS) is 10.3. The minimum Gasteiger partial charge on any atom is -0.423 e. The van der Waals surface area contributed by atoms with Gasteiger partial charge < -0.3 is 4.74 Å². The van der Waals surface area contributed by atoms with Gasteiger partial charge in [-0.05, 0) is 54.8 Å². The number of hydrogen-bond acceptors (Lipinski definition) is 3. The van der Waals surface area contributed by atoms with E-state index >= 15 is 0 Å². The fraction of sp³-hybridized carbons (Fsp3) is 0.263. The summed E-state index contributed by atoms with van der Waals surface area (Å²) in [6.45, 7) is 2.16. The number of alkyl halides is 1. The number of rotatable bonds is 7. The van der Waals surface area contributed by atoms with Gasteiger partial charge >= 0.3 is 5.97 Å². The highest BCUT2D eigenvalue weighted by atomic mass is 79.9. The number of carbonyl (C=O) groups is 2. The van der Waals surface area contributed by atoms with Crippen molar-refractivity contribution in [1.82, 2.24) is 0 Å². The number of benzene rings is 2. The Bertz CT molecular complexity index is 660. The van der Waals surface area contributed by atoms with Crippen molar-refractivity contribution >= 4 is 27.7 Å². The van der Waals surface area contributed by atoms with Crippen LogP contribution in [0, 0.1) is 0 Å². The maximum Gasteiger partial charge on any atom is 0.343 e. The molecule has 0 fully saturated rings. The summed E-state index contributed by atoms with van der Waals surface area (Å²) in [4.78, 5) is 23.6. The standard InChI is InChI=1S/C19H19BrO3/c1-2-3-4-14-5-7-16(8-6-14)19(22)23-17-11-9-15(10-12-17)18(21)13-20/h5-12H,2-4,13H2,1H3. The van der Waals surface area contributed by atoms with E-state index in [1.807, 2.05) is 12.1 Å². The molecule has 0 amide bonds. The number of esters is 1. The van der Waals surface area contributed by atoms with Crippen molar-refractivity contribution in [3.05, 3.63) is 65.2 Å². The number of ether oxygens (including phenoxy) is 1. The first-order chi connectivity index (χ1) is 11.1. The van der Waals surface area contributed by atoms with Gasteiger partial charge in [-0.15, -0.1) is 0 Å². The Labute approximate surface area is 144 Å². The second kappa shape index (κ2) is 8.63. The largest absolute Gasteiger partial charge is 0.423 e. The summed E-state index contributed by atoms with van der Waals surface area (Å²) in [6, 6.07) is 14.1. The molecule has 0 spiro atoms. The summed E-state index contributed by atoms with van der Waals surface area (Å²) in [5.41, 5.74) is 2.33. The summed E-state index contributed by atoms with van der Waals surface area (Å²) in [6.07, 6.45) is 3.32. The van der Waals surface area contributed by atoms with Crippen LogP contribution in [0.2, 0.25) is 0 Å². The first-order valence-electron chi connectivity index (χ1n) is 7.64. The van der Waals surface area contributed by atoms with E-state index in [1.54, 1.807) is 36.4 Å². The van der Waals surface area contributed by atoms with E-state index in [0.717, 1.165) is 19.3 Å². The highest BCUT2D eigenvalue weighted by molar-refractivity contribution is 9.09. The number of halogens is 1. The zero-order chi connectivity index (χ0) is 16.7. The molecule has 0 saturated carbocycles. The van der Waals surface area contributed by atoms with E-state index in [2.05, 4.69) is 22.9 Å². The number of hydrogen-bond donors (Lipinski definition) is 0. The molecule has 2 rings (SSSR count). The minimum absolute atomic E-state index is 0.00876. The molecule has 4 heteroatoms. The van der Waals surface area contributed by atoms with Crippen LogP contribution in [0.5, 0.6) is 5.75 Å². The third-order valence-corrected chi connectivity index (χ3v) is 4.03. The van der Waals surface area contributed by atoms with Crippen molar-refractivity contribution in [2.75, 3.05) is 5.33 Å². The van der Waals surface area contributed by atoms with Gasteiger partial charge in [0.15, 0.2) is 5.78 Å². The van der Waals surface area contributed by atoms with Crippen molar-refractivity contribution in [1.29, 1.82) is 0 Å². The molecule has 0 bridgehead atoms. The van der Waals surface area contributed by atoms with Crippen molar-refractivity contribution in [2.45, 2.75) is 26.2 Å². The molecule has 0 aromatic heterocycles. The van der Waals surface area contributed by atoms with Gasteiger partial charge in [0, 0.05) is 5.56 Å². The van der Waals surface area contributed by atoms with Crippen molar-refractivity contribution in [3.8, 4) is 5.75 Å². The Morgan fingerprint density at radius 1 is 0.957 bits per heavy atom. The molecular weight excluding hydrogens is 356 g/mol. The Morgan fingerprint density at radius 2 is 1.57 bits per heavy atom. The lowest BCUT2D eigenvalue weighted by atomic mass is 10.1. The summed E-state index contributed by atoms with van der Waals surface area (Å²) < 4.78 is 5.33. The van der Waals surface area contributed by atoms with Crippen molar-refractivity contribution < 1.29 is 14.3 Å². The Morgan fingerprint density at radius 3 is 2.13 bits per heavy atom. The van der Waals surface area contributed by atoms with Crippen LogP contribution in [0.25, 0.3) is 0 Å². The Kier molecular flexibility index (Phi) is 6.53. The molecule has 0 heterocycles. The first-order valence-corrected chi connectivity index (χ1v) is 8.76. The van der Waals surface area contributed by atoms with E-state index in [4.69, 9.17) is 4.74 Å². The molecule has 2 aromatic carbocycles. The Hall–Kier alpha value is -1.94. The summed E-state index contributed by atoms with van der Waals surface area (Å²) >= 11 is 3.13. The average Bonchev–Trinajstić information content (AvgIpc) is 2.60. The highest BCUT2D eigenvalue weighted by Crippen LogP contribution is 2.16. The number of ketones is 1. The van der Waals surface area contributed by atoms with Gasteiger partial charge in [-0.3, -0.25) is 4.79 Å². The van der Waals surface area contributed by atoms with Crippen LogP contribution in [0.3, 0.4) is 0 Å². The van der Waals surface area contributed by atoms with E-state index in [0.29, 0.717) is 16.9 Å². The van der Waals surface area contributed by atoms with Gasteiger partial charge in [-0.1, -0.05) is 41.4 Å². The zero-order valence-corrected chi connectivity index (χ0v) is 14.6. The second-order valence-electron chi connectivity index (χ2n) is 5.27. The van der Waals surface area contributed by atoms with Gasteiger partial charge in [0.2, 0.25) is 0 Å². The number of aryl methyl sites for hydroxylation is 1. The van der Waals surface area contributed by atoms with E-state index < -0.39 is 5.97 Å². The predicted molar refractivity (Wildman–Crippen MR) is 94.6 cm³/mol. The van der Waals surface area contributed by atoms with Crippen molar-refractivity contribution in [3.63, 3.8) is 0 Å². The molecule has 0 radical (unpaired) electrons. The predicted octanol–water partition coefficient (Wildman–Crippen LogP) is 4.83. The molecule has 0 aliphatic rings. The van der Waals surface area contributed by atoms with Crippen LogP contribution in [0.15, 0.2) is 48.5 Å². The molecule has 2 aromatic rings. The lowest BCUT2D eigenvalue weighted by molar-refractivity contribution is 0.0734. The quantitative estimate of drug-likeness (QED) is 0.301. The SMILES string of the molecule is CCCCc1ccc(C(=O)Oc2ccc(C(=O)CBr)cc2)cc1. The average molecular weight is 375 g/mol. The van der Waals surface area contributed by atoms with Gasteiger partial charge in [0.25, 0.3) is 0 Å². The maximum absolute atomic E-state index is 12.1. The summed E-state index contributed by atoms with van der Waals surface area (Å²) in [5, 5.41) is 0.274. The molecule has 0 aliphatic heterocycles. The smallest absolute Gasteiger partial charge is 0.343 e. The monoisotopic (exact) mass is 374 g/mol. The molecule has 0 saturated heterocycles. The number of Topliss-reactive ketones (excluding diaryl/α,β-unsaturated/α-hetero) is 1. The van der Waals surface area contributed by atoms with Gasteiger partial charge in [-0.25, -0.2) is 4.79 Å². The number of unbranched alkanes of at least 4 members (excludes halogenated alkanes) is 1. The van der Waals surface area contributed by atoms with Crippen LogP contribution in [-0.2, 0) is 6.42 Å². The lowest BCUT2D eigenvalue weighted by Gasteiger charge is -2.06. The van der Waals surface area contributed by atoms with Crippen LogP contribution < -0.4 is 4.74 Å². The Balaban J connectivity index is 1.99. The molecule has 120 valence electrons. The topological polar surface area (TPSA) is 43.4 Å². The lowest BCUT2D eigenvalue weighted by Crippen LogP contribution is -2.08. The molecule has 3 nitrogen and oxygen atoms in total. The molecule has 0 aliphatic carbocycles. The maximum atomic E-state index is 12.1. The van der Waals surface area contributed by atoms with Gasteiger partial charge in [0.1, 0.15) is 5.75 Å². The fourth-order valence-corrected chi connectivity index (χ4v) is 2.46. The molecule has 0 atom stereocenters. The molecule has 23 heavy (non-hydrogen) atoms. The van der Waals surface area contributed by atoms with E-state index in [-0.39, 0.29) is 11.1 Å². The van der Waals surface area contributed by atoms with E-state index in [9.17, 15) is 9.59 Å². The molecule has 0 unspecified atom stereocenters. The summed E-state index contributed by atoms with van der Waals surface area (Å²) in [5.74, 6) is 0.0216. The second-order valence-corrected chi connectivity index (χ2v) is 5.83. The summed E-state index contributed by atoms with van der Waals surface area (Å²) in [7, 11) is 0. The van der Waals surface area contributed by atoms with Crippen molar-refractivity contribution in [2.24, 2.45) is 0 Å². The third kappa shape index (κ3) is 5.03. The molecule has 0 N–H and O–H groups in total. The zero-order valence-electron chi connectivity index (χ0n) is 13.0. The third-order valence-electron chi connectivity index (χ3n) is 3.52. The van der Waals surface area contributed by atoms with Crippen LogP contribution in [0.4, 0.5) is 0 Å².